The molecule has 2 aliphatic rings. The molecule has 0 atom stereocenters. The van der Waals surface area contributed by atoms with Crippen LogP contribution in [0.4, 0.5) is 18.9 Å². The van der Waals surface area contributed by atoms with Crippen molar-refractivity contribution in [3.8, 4) is 0 Å². The Kier molecular flexibility index (Phi) is 10.7. The summed E-state index contributed by atoms with van der Waals surface area (Å²) in [5.74, 6) is -0.136. The first-order chi connectivity index (χ1) is 13.3. The second-order valence-electron chi connectivity index (χ2n) is 7.78. The monoisotopic (exact) mass is 471 g/mol. The Labute approximate surface area is 188 Å². The molecule has 2 aliphatic heterocycles. The first-order valence-electron chi connectivity index (χ1n) is 9.90. The third-order valence-electron chi connectivity index (χ3n) is 5.83. The van der Waals surface area contributed by atoms with Gasteiger partial charge in [-0.3, -0.25) is 14.6 Å². The van der Waals surface area contributed by atoms with Gasteiger partial charge >= 0.3 is 12.1 Å². The summed E-state index contributed by atoms with van der Waals surface area (Å²) < 4.78 is 38.7. The smallest absolute Gasteiger partial charge is 0.416 e. The molecule has 0 amide bonds. The van der Waals surface area contributed by atoms with Crippen LogP contribution in [0.1, 0.15) is 24.8 Å². The van der Waals surface area contributed by atoms with E-state index in [1.807, 2.05) is 9.80 Å². The number of carboxylic acids is 1. The number of nitrogens with zero attached hydrogens (tertiary/aromatic N) is 3. The zero-order chi connectivity index (χ0) is 20.1. The molecule has 3 rings (SSSR count). The third kappa shape index (κ3) is 7.80. The lowest BCUT2D eigenvalue weighted by Gasteiger charge is -2.37. The molecule has 2 saturated heterocycles. The van der Waals surface area contributed by atoms with Crippen LogP contribution in [0.3, 0.4) is 0 Å². The van der Waals surface area contributed by atoms with E-state index in [9.17, 15) is 18.0 Å². The molecule has 0 aromatic heterocycles. The minimum atomic E-state index is -4.31. The molecule has 1 aromatic rings. The number of piperazine rings is 1. The van der Waals surface area contributed by atoms with E-state index in [4.69, 9.17) is 5.11 Å². The molecule has 30 heavy (non-hydrogen) atoms. The second-order valence-corrected chi connectivity index (χ2v) is 7.78. The van der Waals surface area contributed by atoms with E-state index in [-0.39, 0.29) is 31.4 Å². The molecule has 5 nitrogen and oxygen atoms in total. The van der Waals surface area contributed by atoms with Gasteiger partial charge < -0.3 is 10.0 Å². The first kappa shape index (κ1) is 26.8. The highest BCUT2D eigenvalue weighted by molar-refractivity contribution is 5.85. The van der Waals surface area contributed by atoms with Crippen molar-refractivity contribution in [1.82, 2.24) is 9.80 Å². The van der Waals surface area contributed by atoms with Crippen LogP contribution in [0.15, 0.2) is 24.3 Å². The van der Waals surface area contributed by atoms with E-state index in [1.165, 1.54) is 12.1 Å². The highest BCUT2D eigenvalue weighted by Crippen LogP contribution is 2.32. The number of aliphatic carboxylic acids is 1. The maximum Gasteiger partial charge on any atom is 0.416 e. The molecular weight excluding hydrogens is 442 g/mol. The standard InChI is InChI=1S/C20H28F3N3O2.2ClH/c21-20(22,23)17-2-1-3-18(14-17)26-12-10-24(11-13-26)7-4-16-5-8-25(9-6-16)15-19(27)28;;/h1-3,14,16H,4-13,15H2,(H,27,28);2*1H. The van der Waals surface area contributed by atoms with Crippen LogP contribution in [0.5, 0.6) is 0 Å². The molecule has 0 aliphatic carbocycles. The molecule has 1 N–H and O–H groups in total. The van der Waals surface area contributed by atoms with Gasteiger partial charge in [0.15, 0.2) is 0 Å². The topological polar surface area (TPSA) is 47.0 Å². The Bertz CT molecular complexity index is 663. The van der Waals surface area contributed by atoms with Gasteiger partial charge in [0.25, 0.3) is 0 Å². The molecule has 2 heterocycles. The third-order valence-corrected chi connectivity index (χ3v) is 5.83. The Hall–Kier alpha value is -1.22. The van der Waals surface area contributed by atoms with Crippen molar-refractivity contribution >= 4 is 36.5 Å². The quantitative estimate of drug-likeness (QED) is 0.682. The average Bonchev–Trinajstić information content (AvgIpc) is 2.67. The van der Waals surface area contributed by atoms with Gasteiger partial charge in [0, 0.05) is 31.9 Å². The highest BCUT2D eigenvalue weighted by Gasteiger charge is 2.31. The molecule has 0 saturated carbocycles. The van der Waals surface area contributed by atoms with Crippen molar-refractivity contribution in [2.45, 2.75) is 25.4 Å². The molecule has 0 radical (unpaired) electrons. The predicted octanol–water partition coefficient (Wildman–Crippen LogP) is 3.86. The van der Waals surface area contributed by atoms with Crippen molar-refractivity contribution in [3.63, 3.8) is 0 Å². The summed E-state index contributed by atoms with van der Waals surface area (Å²) in [5, 5.41) is 8.86. The van der Waals surface area contributed by atoms with Crippen LogP contribution >= 0.6 is 24.8 Å². The zero-order valence-corrected chi connectivity index (χ0v) is 18.4. The van der Waals surface area contributed by atoms with E-state index < -0.39 is 17.7 Å². The lowest BCUT2D eigenvalue weighted by molar-refractivity contribution is -0.139. The largest absolute Gasteiger partial charge is 0.480 e. The average molecular weight is 472 g/mol. The van der Waals surface area contributed by atoms with Crippen LogP contribution in [0, 0.1) is 5.92 Å². The van der Waals surface area contributed by atoms with Crippen LogP contribution in [0.2, 0.25) is 0 Å². The van der Waals surface area contributed by atoms with Crippen molar-refractivity contribution in [2.75, 3.05) is 57.3 Å². The van der Waals surface area contributed by atoms with Gasteiger partial charge in [0.05, 0.1) is 12.1 Å². The Morgan fingerprint density at radius 2 is 1.63 bits per heavy atom. The fraction of sp³-hybridized carbons (Fsp3) is 0.650. The molecule has 0 unspecified atom stereocenters. The first-order valence-corrected chi connectivity index (χ1v) is 9.90. The predicted molar refractivity (Wildman–Crippen MR) is 116 cm³/mol. The van der Waals surface area contributed by atoms with Gasteiger partial charge in [-0.1, -0.05) is 6.07 Å². The fourth-order valence-corrected chi connectivity index (χ4v) is 4.10. The summed E-state index contributed by atoms with van der Waals surface area (Å²) in [4.78, 5) is 17.2. The summed E-state index contributed by atoms with van der Waals surface area (Å²) >= 11 is 0. The van der Waals surface area contributed by atoms with Crippen LogP contribution < -0.4 is 4.90 Å². The number of anilines is 1. The van der Waals surface area contributed by atoms with Crippen molar-refractivity contribution < 1.29 is 23.1 Å². The van der Waals surface area contributed by atoms with E-state index in [0.717, 1.165) is 71.1 Å². The molecule has 172 valence electrons. The van der Waals surface area contributed by atoms with Crippen molar-refractivity contribution in [3.05, 3.63) is 29.8 Å². The SMILES string of the molecule is Cl.Cl.O=C(O)CN1CCC(CCN2CCN(c3cccc(C(F)(F)F)c3)CC2)CC1. The fourth-order valence-electron chi connectivity index (χ4n) is 4.10. The molecule has 2 fully saturated rings. The van der Waals surface area contributed by atoms with Gasteiger partial charge in [-0.25, -0.2) is 0 Å². The minimum absolute atomic E-state index is 0. The summed E-state index contributed by atoms with van der Waals surface area (Å²) in [6, 6.07) is 5.57. The van der Waals surface area contributed by atoms with Crippen molar-refractivity contribution in [2.24, 2.45) is 5.92 Å². The lowest BCUT2D eigenvalue weighted by Crippen LogP contribution is -2.47. The van der Waals surface area contributed by atoms with Gasteiger partial charge in [-0.05, 0) is 63.0 Å². The Balaban J connectivity index is 0.00000225. The number of benzene rings is 1. The Morgan fingerprint density at radius 3 is 2.20 bits per heavy atom. The highest BCUT2D eigenvalue weighted by atomic mass is 35.5. The zero-order valence-electron chi connectivity index (χ0n) is 16.8. The van der Waals surface area contributed by atoms with E-state index in [0.29, 0.717) is 11.6 Å². The van der Waals surface area contributed by atoms with Gasteiger partial charge in [-0.2, -0.15) is 13.2 Å². The van der Waals surface area contributed by atoms with E-state index in [2.05, 4.69) is 4.90 Å². The lowest BCUT2D eigenvalue weighted by atomic mass is 9.93. The normalized spacial score (nSPS) is 19.1. The summed E-state index contributed by atoms with van der Waals surface area (Å²) in [6.45, 7) is 6.00. The number of hydrogen-bond donors (Lipinski definition) is 1. The minimum Gasteiger partial charge on any atom is -0.480 e. The van der Waals surface area contributed by atoms with Gasteiger partial charge in [-0.15, -0.1) is 24.8 Å². The van der Waals surface area contributed by atoms with Crippen LogP contribution in [0.25, 0.3) is 0 Å². The van der Waals surface area contributed by atoms with Crippen molar-refractivity contribution in [1.29, 1.82) is 0 Å². The molecule has 0 bridgehead atoms. The van der Waals surface area contributed by atoms with E-state index in [1.54, 1.807) is 6.07 Å². The summed E-state index contributed by atoms with van der Waals surface area (Å²) in [5.41, 5.74) is 0.0435. The second kappa shape index (κ2) is 12.0. The van der Waals surface area contributed by atoms with Gasteiger partial charge in [0.2, 0.25) is 0 Å². The molecular formula is C20H30Cl2F3N3O2. The number of piperidine rings is 1. The summed E-state index contributed by atoms with van der Waals surface area (Å²) in [7, 11) is 0. The molecule has 1 aromatic carbocycles. The summed E-state index contributed by atoms with van der Waals surface area (Å²) in [6.07, 6.45) is -1.13. The number of carboxylic acid groups (broad SMARTS) is 1. The number of hydrogen-bond acceptors (Lipinski definition) is 4. The maximum absolute atomic E-state index is 12.9. The molecule has 0 spiro atoms. The van der Waals surface area contributed by atoms with Crippen LogP contribution in [-0.4, -0.2) is 73.2 Å². The number of likely N-dealkylation sites (tertiary alicyclic amines) is 1. The van der Waals surface area contributed by atoms with E-state index >= 15 is 0 Å². The van der Waals surface area contributed by atoms with Crippen LogP contribution in [-0.2, 0) is 11.0 Å². The number of carbonyl (C=O) groups is 1. The Morgan fingerprint density at radius 1 is 1.00 bits per heavy atom. The number of alkyl halides is 3. The number of halogens is 5. The molecule has 10 heteroatoms. The van der Waals surface area contributed by atoms with Gasteiger partial charge in [0.1, 0.15) is 0 Å². The maximum atomic E-state index is 12.9. The number of rotatable bonds is 6.